The highest BCUT2D eigenvalue weighted by molar-refractivity contribution is 6.15. The number of aromatic nitrogens is 1. The molecule has 8 aromatic carbocycles. The highest BCUT2D eigenvalue weighted by Crippen LogP contribution is 2.41. The van der Waals surface area contributed by atoms with Crippen molar-refractivity contribution in [3.8, 4) is 39.1 Å². The molecule has 9 aromatic rings. The standard InChI is InChI=1S/C48H34N2/c1-4-14-35(15-5-1)37-26-30-40(31-27-37)49(41-32-28-38(29-33-41)36-16-6-2-7-17-36)42-20-12-21-43(34-42)50-46-24-11-10-22-45(46)48-44(23-13-25-47(48)50)39-18-8-3-9-19-39/h1-34H. The maximum Gasteiger partial charge on any atom is 0.0547 e. The Bertz CT molecular complexity index is 2470. The minimum atomic E-state index is 1.09. The van der Waals surface area contributed by atoms with Crippen LogP contribution in [0.5, 0.6) is 0 Å². The van der Waals surface area contributed by atoms with E-state index in [1.54, 1.807) is 0 Å². The maximum atomic E-state index is 2.41. The van der Waals surface area contributed by atoms with E-state index in [9.17, 15) is 0 Å². The second kappa shape index (κ2) is 12.8. The lowest BCUT2D eigenvalue weighted by molar-refractivity contribution is 1.17. The Morgan fingerprint density at radius 3 is 1.40 bits per heavy atom. The summed E-state index contributed by atoms with van der Waals surface area (Å²) < 4.78 is 2.41. The summed E-state index contributed by atoms with van der Waals surface area (Å²) in [5.41, 5.74) is 14.1. The molecule has 0 radical (unpaired) electrons. The van der Waals surface area contributed by atoms with Crippen LogP contribution in [0.4, 0.5) is 17.1 Å². The highest BCUT2D eigenvalue weighted by atomic mass is 15.1. The average molecular weight is 639 g/mol. The van der Waals surface area contributed by atoms with E-state index in [-0.39, 0.29) is 0 Å². The molecule has 1 aromatic heterocycles. The van der Waals surface area contributed by atoms with Gasteiger partial charge in [-0.3, -0.25) is 0 Å². The number of benzene rings is 8. The lowest BCUT2D eigenvalue weighted by atomic mass is 9.99. The first-order chi connectivity index (χ1) is 24.8. The van der Waals surface area contributed by atoms with Gasteiger partial charge in [-0.25, -0.2) is 0 Å². The van der Waals surface area contributed by atoms with E-state index in [0.717, 1.165) is 22.7 Å². The van der Waals surface area contributed by atoms with Crippen molar-refractivity contribution in [3.05, 3.63) is 206 Å². The smallest absolute Gasteiger partial charge is 0.0547 e. The Labute approximate surface area is 292 Å². The molecule has 9 rings (SSSR count). The summed E-state index contributed by atoms with van der Waals surface area (Å²) in [7, 11) is 0. The van der Waals surface area contributed by atoms with Crippen molar-refractivity contribution < 1.29 is 0 Å². The number of fused-ring (bicyclic) bond motifs is 3. The van der Waals surface area contributed by atoms with Crippen molar-refractivity contribution in [2.45, 2.75) is 0 Å². The molecule has 2 heteroatoms. The van der Waals surface area contributed by atoms with Crippen molar-refractivity contribution in [2.75, 3.05) is 4.90 Å². The van der Waals surface area contributed by atoms with Crippen molar-refractivity contribution in [2.24, 2.45) is 0 Å². The van der Waals surface area contributed by atoms with Gasteiger partial charge in [0.25, 0.3) is 0 Å². The average Bonchev–Trinajstić information content (AvgIpc) is 3.54. The Hall–Kier alpha value is -6.64. The third-order valence-electron chi connectivity index (χ3n) is 9.59. The Morgan fingerprint density at radius 2 is 0.800 bits per heavy atom. The molecule has 2 nitrogen and oxygen atoms in total. The van der Waals surface area contributed by atoms with Gasteiger partial charge in [-0.15, -0.1) is 0 Å². The van der Waals surface area contributed by atoms with Gasteiger partial charge in [0.05, 0.1) is 11.0 Å². The Kier molecular flexibility index (Phi) is 7.53. The summed E-state index contributed by atoms with van der Waals surface area (Å²) in [4.78, 5) is 2.36. The molecule has 0 aliphatic heterocycles. The van der Waals surface area contributed by atoms with Gasteiger partial charge in [-0.05, 0) is 88.0 Å². The fourth-order valence-corrected chi connectivity index (χ4v) is 7.24. The number of para-hydroxylation sites is 1. The first-order valence-electron chi connectivity index (χ1n) is 17.1. The molecular weight excluding hydrogens is 605 g/mol. The van der Waals surface area contributed by atoms with E-state index < -0.39 is 0 Å². The zero-order valence-corrected chi connectivity index (χ0v) is 27.5. The lowest BCUT2D eigenvalue weighted by Gasteiger charge is -2.26. The minimum Gasteiger partial charge on any atom is -0.310 e. The van der Waals surface area contributed by atoms with Crippen LogP contribution in [-0.4, -0.2) is 4.57 Å². The largest absolute Gasteiger partial charge is 0.310 e. The van der Waals surface area contributed by atoms with E-state index in [1.807, 2.05) is 0 Å². The predicted octanol–water partition coefficient (Wildman–Crippen LogP) is 13.3. The summed E-state index contributed by atoms with van der Waals surface area (Å²) in [5, 5.41) is 2.52. The van der Waals surface area contributed by atoms with Gasteiger partial charge in [-0.1, -0.05) is 152 Å². The molecule has 0 aliphatic rings. The number of anilines is 3. The van der Waals surface area contributed by atoms with Gasteiger partial charge >= 0.3 is 0 Å². The first-order valence-corrected chi connectivity index (χ1v) is 17.1. The van der Waals surface area contributed by atoms with E-state index in [0.29, 0.717) is 0 Å². The molecule has 0 fully saturated rings. The zero-order valence-electron chi connectivity index (χ0n) is 27.5. The minimum absolute atomic E-state index is 1.09. The van der Waals surface area contributed by atoms with Crippen LogP contribution in [0.15, 0.2) is 206 Å². The summed E-state index contributed by atoms with van der Waals surface area (Å²) in [6.07, 6.45) is 0. The first kappa shape index (κ1) is 29.5. The van der Waals surface area contributed by atoms with Gasteiger partial charge in [0.2, 0.25) is 0 Å². The monoisotopic (exact) mass is 638 g/mol. The van der Waals surface area contributed by atoms with Crippen LogP contribution in [0.3, 0.4) is 0 Å². The molecule has 0 saturated heterocycles. The van der Waals surface area contributed by atoms with E-state index in [2.05, 4.69) is 216 Å². The van der Waals surface area contributed by atoms with Gasteiger partial charge in [-0.2, -0.15) is 0 Å². The second-order valence-corrected chi connectivity index (χ2v) is 12.6. The summed E-state index contributed by atoms with van der Waals surface area (Å²) >= 11 is 0. The number of rotatable bonds is 7. The molecule has 0 bridgehead atoms. The van der Waals surface area contributed by atoms with E-state index in [1.165, 1.54) is 55.2 Å². The van der Waals surface area contributed by atoms with Crippen LogP contribution in [0.25, 0.3) is 60.9 Å². The topological polar surface area (TPSA) is 8.17 Å². The summed E-state index contributed by atoms with van der Waals surface area (Å²) in [5.74, 6) is 0. The quantitative estimate of drug-likeness (QED) is 0.169. The number of hydrogen-bond donors (Lipinski definition) is 0. The molecule has 0 aliphatic carbocycles. The van der Waals surface area contributed by atoms with Crippen molar-refractivity contribution >= 4 is 38.9 Å². The van der Waals surface area contributed by atoms with E-state index >= 15 is 0 Å². The van der Waals surface area contributed by atoms with Gasteiger partial charge in [0.15, 0.2) is 0 Å². The summed E-state index contributed by atoms with van der Waals surface area (Å²) in [6.45, 7) is 0. The van der Waals surface area contributed by atoms with Crippen LogP contribution in [-0.2, 0) is 0 Å². The SMILES string of the molecule is c1ccc(-c2ccc(N(c3ccc(-c4ccccc4)cc3)c3cccc(-n4c5ccccc5c5c(-c6ccccc6)cccc54)c3)cc2)cc1. The van der Waals surface area contributed by atoms with Gasteiger partial charge < -0.3 is 9.47 Å². The molecule has 236 valence electrons. The molecule has 0 amide bonds. The van der Waals surface area contributed by atoms with Crippen molar-refractivity contribution in [1.82, 2.24) is 4.57 Å². The number of hydrogen-bond acceptors (Lipinski definition) is 1. The third kappa shape index (κ3) is 5.34. The molecular formula is C48H34N2. The molecule has 0 N–H and O–H groups in total. The molecule has 0 atom stereocenters. The van der Waals surface area contributed by atoms with Crippen LogP contribution >= 0.6 is 0 Å². The van der Waals surface area contributed by atoms with Crippen molar-refractivity contribution in [1.29, 1.82) is 0 Å². The second-order valence-electron chi connectivity index (χ2n) is 12.6. The zero-order chi connectivity index (χ0) is 33.3. The lowest BCUT2D eigenvalue weighted by Crippen LogP contribution is -2.10. The van der Waals surface area contributed by atoms with Gasteiger partial charge in [0.1, 0.15) is 0 Å². The molecule has 0 spiro atoms. The fraction of sp³-hybridized carbons (Fsp3) is 0. The molecule has 0 unspecified atom stereocenters. The molecule has 1 heterocycles. The Balaban J connectivity index is 1.20. The van der Waals surface area contributed by atoms with Crippen LogP contribution in [0, 0.1) is 0 Å². The highest BCUT2D eigenvalue weighted by Gasteiger charge is 2.18. The fourth-order valence-electron chi connectivity index (χ4n) is 7.24. The van der Waals surface area contributed by atoms with E-state index in [4.69, 9.17) is 0 Å². The normalized spacial score (nSPS) is 11.2. The predicted molar refractivity (Wildman–Crippen MR) is 212 cm³/mol. The number of nitrogens with zero attached hydrogens (tertiary/aromatic N) is 2. The summed E-state index contributed by atoms with van der Waals surface area (Å²) in [6, 6.07) is 74.0. The van der Waals surface area contributed by atoms with Crippen LogP contribution in [0.2, 0.25) is 0 Å². The van der Waals surface area contributed by atoms with Crippen LogP contribution in [0.1, 0.15) is 0 Å². The third-order valence-corrected chi connectivity index (χ3v) is 9.59. The van der Waals surface area contributed by atoms with Gasteiger partial charge in [0, 0.05) is 33.5 Å². The molecule has 50 heavy (non-hydrogen) atoms. The van der Waals surface area contributed by atoms with Crippen LogP contribution < -0.4 is 4.90 Å². The molecule has 0 saturated carbocycles. The maximum absolute atomic E-state index is 2.41. The van der Waals surface area contributed by atoms with Crippen molar-refractivity contribution in [3.63, 3.8) is 0 Å². The Morgan fingerprint density at radius 1 is 0.320 bits per heavy atom.